The molecule has 1 aromatic rings. The highest BCUT2D eigenvalue weighted by atomic mass is 16.5. The second kappa shape index (κ2) is 8.32. The zero-order valence-electron chi connectivity index (χ0n) is 17.5. The zero-order valence-corrected chi connectivity index (χ0v) is 17.5. The van der Waals surface area contributed by atoms with Gasteiger partial charge in [-0.1, -0.05) is 12.5 Å². The van der Waals surface area contributed by atoms with Crippen molar-refractivity contribution in [3.05, 3.63) is 23.2 Å². The van der Waals surface area contributed by atoms with Gasteiger partial charge < -0.3 is 9.64 Å². The van der Waals surface area contributed by atoms with E-state index in [9.17, 15) is 4.79 Å². The van der Waals surface area contributed by atoms with Crippen molar-refractivity contribution in [2.45, 2.75) is 83.3 Å². The third kappa shape index (κ3) is 3.86. The fourth-order valence-electron chi connectivity index (χ4n) is 5.28. The molecule has 5 nitrogen and oxygen atoms in total. The molecule has 1 aromatic heterocycles. The van der Waals surface area contributed by atoms with Crippen molar-refractivity contribution in [1.82, 2.24) is 14.9 Å². The summed E-state index contributed by atoms with van der Waals surface area (Å²) in [5.41, 5.74) is 5.03. The number of ketones is 1. The standard InChI is InChI=1S/C23H33N3O2/c1-4-5-18(27)12-15-6-7-16-13-20-22(21(15)16)23(25-14-24-20)28-19-10-8-17(9-11-19)26(2)3/h14-15,17,19H,4-13H2,1-3H3/t15-,17-,19-/m0/s1. The molecular formula is C23H33N3O2. The molecule has 1 saturated carbocycles. The molecule has 1 atom stereocenters. The number of carbonyl (C=O) groups is 1. The predicted octanol–water partition coefficient (Wildman–Crippen LogP) is 4.21. The van der Waals surface area contributed by atoms with E-state index in [0.717, 1.165) is 55.7 Å². The molecule has 0 spiro atoms. The van der Waals surface area contributed by atoms with Crippen molar-refractivity contribution in [2.24, 2.45) is 5.92 Å². The van der Waals surface area contributed by atoms with Crippen LogP contribution in [0.15, 0.2) is 11.9 Å². The molecule has 0 amide bonds. The van der Waals surface area contributed by atoms with Crippen LogP contribution in [0.2, 0.25) is 0 Å². The Morgan fingerprint density at radius 3 is 2.68 bits per heavy atom. The van der Waals surface area contributed by atoms with Crippen LogP contribution in [0.4, 0.5) is 0 Å². The Balaban J connectivity index is 1.51. The number of hydrogen-bond acceptors (Lipinski definition) is 5. The van der Waals surface area contributed by atoms with Crippen LogP contribution in [0.5, 0.6) is 5.88 Å². The Morgan fingerprint density at radius 2 is 1.96 bits per heavy atom. The fourth-order valence-corrected chi connectivity index (χ4v) is 5.28. The van der Waals surface area contributed by atoms with Gasteiger partial charge in [0.1, 0.15) is 18.2 Å². The number of Topliss-reactive ketones (excluding diaryl/α,β-unsaturated/α-hetero) is 1. The van der Waals surface area contributed by atoms with E-state index in [1.165, 1.54) is 24.0 Å². The molecule has 5 heteroatoms. The van der Waals surface area contributed by atoms with Gasteiger partial charge in [0.25, 0.3) is 0 Å². The maximum Gasteiger partial charge on any atom is 0.224 e. The molecule has 1 heterocycles. The van der Waals surface area contributed by atoms with E-state index >= 15 is 0 Å². The molecule has 152 valence electrons. The SMILES string of the molecule is CCCC(=O)C[C@@H]1CCC2=C1c1c(ncnc1O[C@H]1CC[C@H](N(C)C)CC1)C2. The first-order valence-corrected chi connectivity index (χ1v) is 11.0. The lowest BCUT2D eigenvalue weighted by Crippen LogP contribution is -2.35. The molecule has 3 aliphatic carbocycles. The van der Waals surface area contributed by atoms with Crippen LogP contribution in [0.25, 0.3) is 5.57 Å². The topological polar surface area (TPSA) is 55.3 Å². The first-order chi connectivity index (χ1) is 13.6. The van der Waals surface area contributed by atoms with Gasteiger partial charge in [0.2, 0.25) is 5.88 Å². The lowest BCUT2D eigenvalue weighted by molar-refractivity contribution is -0.119. The van der Waals surface area contributed by atoms with Crippen molar-refractivity contribution in [2.75, 3.05) is 14.1 Å². The highest BCUT2D eigenvalue weighted by molar-refractivity contribution is 5.86. The monoisotopic (exact) mass is 383 g/mol. The average molecular weight is 384 g/mol. The van der Waals surface area contributed by atoms with E-state index < -0.39 is 0 Å². The summed E-state index contributed by atoms with van der Waals surface area (Å²) in [5, 5.41) is 0. The normalized spacial score (nSPS) is 26.5. The van der Waals surface area contributed by atoms with Crippen molar-refractivity contribution in [3.63, 3.8) is 0 Å². The molecule has 0 unspecified atom stereocenters. The molecule has 3 aliphatic rings. The minimum Gasteiger partial charge on any atom is -0.474 e. The smallest absolute Gasteiger partial charge is 0.224 e. The Hall–Kier alpha value is -1.75. The Bertz CT molecular complexity index is 763. The molecule has 4 rings (SSSR count). The van der Waals surface area contributed by atoms with E-state index in [1.807, 2.05) is 0 Å². The van der Waals surface area contributed by atoms with Gasteiger partial charge in [-0.2, -0.15) is 0 Å². The van der Waals surface area contributed by atoms with Crippen molar-refractivity contribution in [3.8, 4) is 5.88 Å². The summed E-state index contributed by atoms with van der Waals surface area (Å²) in [4.78, 5) is 23.7. The molecular weight excluding hydrogens is 350 g/mol. The van der Waals surface area contributed by atoms with Crippen LogP contribution in [0.3, 0.4) is 0 Å². The number of rotatable bonds is 7. The summed E-state index contributed by atoms with van der Waals surface area (Å²) in [6.45, 7) is 2.08. The van der Waals surface area contributed by atoms with Gasteiger partial charge in [-0.25, -0.2) is 9.97 Å². The number of hydrogen-bond donors (Lipinski definition) is 0. The second-order valence-corrected chi connectivity index (χ2v) is 8.93. The van der Waals surface area contributed by atoms with Gasteiger partial charge in [-0.05, 0) is 70.5 Å². The highest BCUT2D eigenvalue weighted by Gasteiger charge is 2.37. The van der Waals surface area contributed by atoms with E-state index in [-0.39, 0.29) is 6.10 Å². The van der Waals surface area contributed by atoms with E-state index in [1.54, 1.807) is 6.33 Å². The van der Waals surface area contributed by atoms with Gasteiger partial charge in [-0.15, -0.1) is 0 Å². The maximum absolute atomic E-state index is 12.3. The van der Waals surface area contributed by atoms with Crippen LogP contribution in [-0.2, 0) is 11.2 Å². The Kier molecular flexibility index (Phi) is 5.81. The summed E-state index contributed by atoms with van der Waals surface area (Å²) in [6, 6.07) is 0.661. The van der Waals surface area contributed by atoms with Gasteiger partial charge in [0.15, 0.2) is 0 Å². The summed E-state index contributed by atoms with van der Waals surface area (Å²) in [7, 11) is 4.33. The lowest BCUT2D eigenvalue weighted by Gasteiger charge is -2.32. The van der Waals surface area contributed by atoms with Crippen LogP contribution in [0, 0.1) is 5.92 Å². The summed E-state index contributed by atoms with van der Waals surface area (Å²) >= 11 is 0. The Labute approximate surface area is 168 Å². The number of carbonyl (C=O) groups excluding carboxylic acids is 1. The average Bonchev–Trinajstić information content (AvgIpc) is 3.22. The third-order valence-corrected chi connectivity index (χ3v) is 6.78. The first kappa shape index (κ1) is 19.6. The third-order valence-electron chi connectivity index (χ3n) is 6.78. The van der Waals surface area contributed by atoms with Crippen LogP contribution in [0.1, 0.15) is 76.0 Å². The van der Waals surface area contributed by atoms with Crippen LogP contribution < -0.4 is 4.74 Å². The lowest BCUT2D eigenvalue weighted by atomic mass is 9.90. The summed E-state index contributed by atoms with van der Waals surface area (Å²) in [5.74, 6) is 1.47. The molecule has 0 radical (unpaired) electrons. The summed E-state index contributed by atoms with van der Waals surface area (Å²) < 4.78 is 6.45. The number of ether oxygens (including phenoxy) is 1. The molecule has 0 aliphatic heterocycles. The number of allylic oxidation sites excluding steroid dienone is 2. The van der Waals surface area contributed by atoms with E-state index in [2.05, 4.69) is 35.9 Å². The number of fused-ring (bicyclic) bond motifs is 2. The van der Waals surface area contributed by atoms with Crippen molar-refractivity contribution in [1.29, 1.82) is 0 Å². The Morgan fingerprint density at radius 1 is 1.18 bits per heavy atom. The van der Waals surface area contributed by atoms with Gasteiger partial charge in [0, 0.05) is 25.3 Å². The molecule has 0 saturated heterocycles. The first-order valence-electron chi connectivity index (χ1n) is 11.0. The van der Waals surface area contributed by atoms with Crippen molar-refractivity contribution >= 4 is 11.4 Å². The molecule has 0 bridgehead atoms. The quantitative estimate of drug-likeness (QED) is 0.706. The molecule has 1 fully saturated rings. The van der Waals surface area contributed by atoms with Gasteiger partial charge in [-0.3, -0.25) is 4.79 Å². The molecule has 28 heavy (non-hydrogen) atoms. The van der Waals surface area contributed by atoms with Crippen LogP contribution in [-0.4, -0.2) is 46.9 Å². The predicted molar refractivity (Wildman–Crippen MR) is 110 cm³/mol. The van der Waals surface area contributed by atoms with Gasteiger partial charge >= 0.3 is 0 Å². The zero-order chi connectivity index (χ0) is 19.7. The largest absolute Gasteiger partial charge is 0.474 e. The minimum atomic E-state index is 0.237. The van der Waals surface area contributed by atoms with Gasteiger partial charge in [0.05, 0.1) is 11.3 Å². The second-order valence-electron chi connectivity index (χ2n) is 8.93. The maximum atomic E-state index is 12.3. The number of aromatic nitrogens is 2. The molecule has 0 aromatic carbocycles. The molecule has 0 N–H and O–H groups in total. The fraction of sp³-hybridized carbons (Fsp3) is 0.696. The van der Waals surface area contributed by atoms with E-state index in [0.29, 0.717) is 30.6 Å². The number of nitrogens with zero attached hydrogens (tertiary/aromatic N) is 3. The van der Waals surface area contributed by atoms with Crippen LogP contribution >= 0.6 is 0 Å². The highest BCUT2D eigenvalue weighted by Crippen LogP contribution is 2.50. The summed E-state index contributed by atoms with van der Waals surface area (Å²) in [6.07, 6.45) is 11.8. The van der Waals surface area contributed by atoms with E-state index in [4.69, 9.17) is 4.74 Å². The minimum absolute atomic E-state index is 0.237. The van der Waals surface area contributed by atoms with Crippen molar-refractivity contribution < 1.29 is 9.53 Å².